The van der Waals surface area contributed by atoms with Crippen molar-refractivity contribution in [3.63, 3.8) is 0 Å². The molecule has 2 nitrogen and oxygen atoms in total. The molecule has 0 N–H and O–H groups in total. The fourth-order valence-corrected chi connectivity index (χ4v) is 2.43. The van der Waals surface area contributed by atoms with Gasteiger partial charge >= 0.3 is 5.97 Å². The Bertz CT molecular complexity index is 346. The van der Waals surface area contributed by atoms with E-state index < -0.39 is 0 Å². The molecular formula is C14H20O2S. The van der Waals surface area contributed by atoms with Crippen molar-refractivity contribution < 1.29 is 9.53 Å². The number of thioether (sulfide) groups is 1. The highest BCUT2D eigenvalue weighted by Gasteiger charge is 2.13. The summed E-state index contributed by atoms with van der Waals surface area (Å²) in [5.41, 5.74) is 2.58. The van der Waals surface area contributed by atoms with Gasteiger partial charge in [-0.25, -0.2) is 0 Å². The molecule has 94 valence electrons. The van der Waals surface area contributed by atoms with Crippen molar-refractivity contribution in [2.24, 2.45) is 5.92 Å². The highest BCUT2D eigenvalue weighted by Crippen LogP contribution is 2.16. The number of esters is 1. The summed E-state index contributed by atoms with van der Waals surface area (Å²) in [7, 11) is 0. The van der Waals surface area contributed by atoms with E-state index in [9.17, 15) is 4.79 Å². The minimum Gasteiger partial charge on any atom is -0.466 e. The fraction of sp³-hybridized carbons (Fsp3) is 0.500. The molecule has 0 aliphatic carbocycles. The lowest BCUT2D eigenvalue weighted by molar-refractivity contribution is -0.146. The lowest BCUT2D eigenvalue weighted by Gasteiger charge is -2.09. The smallest absolute Gasteiger partial charge is 0.309 e. The first kappa shape index (κ1) is 14.1. The van der Waals surface area contributed by atoms with Crippen molar-refractivity contribution in [2.75, 3.05) is 12.4 Å². The van der Waals surface area contributed by atoms with Gasteiger partial charge in [0.15, 0.2) is 0 Å². The van der Waals surface area contributed by atoms with Gasteiger partial charge in [0, 0.05) is 11.5 Å². The summed E-state index contributed by atoms with van der Waals surface area (Å²) in [6.45, 7) is 6.30. The molecule has 1 rings (SSSR count). The zero-order valence-electron chi connectivity index (χ0n) is 10.7. The van der Waals surface area contributed by atoms with Gasteiger partial charge in [0.1, 0.15) is 0 Å². The molecule has 0 bridgehead atoms. The molecule has 0 heterocycles. The minimum absolute atomic E-state index is 0.0228. The van der Waals surface area contributed by atoms with E-state index in [1.165, 1.54) is 11.1 Å². The Morgan fingerprint density at radius 2 is 2.00 bits per heavy atom. The van der Waals surface area contributed by atoms with Crippen molar-refractivity contribution in [1.82, 2.24) is 0 Å². The summed E-state index contributed by atoms with van der Waals surface area (Å²) in [6, 6.07) is 8.50. The fourth-order valence-electron chi connectivity index (χ4n) is 1.39. The second-order valence-electron chi connectivity index (χ2n) is 4.15. The van der Waals surface area contributed by atoms with Gasteiger partial charge in [-0.15, -0.1) is 0 Å². The van der Waals surface area contributed by atoms with Gasteiger partial charge in [0.25, 0.3) is 0 Å². The van der Waals surface area contributed by atoms with Crippen LogP contribution in [0.3, 0.4) is 0 Å². The predicted octanol–water partition coefficient (Wildman–Crippen LogP) is 3.43. The molecule has 0 amide bonds. The van der Waals surface area contributed by atoms with Crippen molar-refractivity contribution in [1.29, 1.82) is 0 Å². The summed E-state index contributed by atoms with van der Waals surface area (Å²) in [5.74, 6) is 1.64. The molecule has 1 aromatic carbocycles. The number of hydrogen-bond donors (Lipinski definition) is 0. The molecule has 0 saturated heterocycles. The third kappa shape index (κ3) is 5.26. The maximum absolute atomic E-state index is 11.4. The third-order valence-corrected chi connectivity index (χ3v) is 3.72. The molecule has 0 aromatic heterocycles. The average Bonchev–Trinajstić information content (AvgIpc) is 2.32. The first-order valence-corrected chi connectivity index (χ1v) is 7.09. The number of ether oxygens (including phenoxy) is 1. The van der Waals surface area contributed by atoms with Gasteiger partial charge in [-0.05, 0) is 19.4 Å². The van der Waals surface area contributed by atoms with Crippen LogP contribution in [-0.4, -0.2) is 18.3 Å². The van der Waals surface area contributed by atoms with E-state index in [0.717, 1.165) is 11.5 Å². The van der Waals surface area contributed by atoms with E-state index in [1.807, 2.05) is 13.8 Å². The van der Waals surface area contributed by atoms with E-state index in [0.29, 0.717) is 6.61 Å². The lowest BCUT2D eigenvalue weighted by atomic mass is 10.2. The first-order valence-electron chi connectivity index (χ1n) is 5.93. The van der Waals surface area contributed by atoms with Crippen LogP contribution in [0.25, 0.3) is 0 Å². The van der Waals surface area contributed by atoms with Gasteiger partial charge in [-0.2, -0.15) is 11.8 Å². The topological polar surface area (TPSA) is 26.3 Å². The van der Waals surface area contributed by atoms with Gasteiger partial charge in [0.05, 0.1) is 12.5 Å². The number of hydrogen-bond acceptors (Lipinski definition) is 3. The van der Waals surface area contributed by atoms with E-state index in [2.05, 4.69) is 31.2 Å². The van der Waals surface area contributed by atoms with Crippen LogP contribution >= 0.6 is 11.8 Å². The highest BCUT2D eigenvalue weighted by molar-refractivity contribution is 7.98. The second-order valence-corrected chi connectivity index (χ2v) is 5.18. The number of carbonyl (C=O) groups excluding carboxylic acids is 1. The van der Waals surface area contributed by atoms with E-state index >= 15 is 0 Å². The largest absolute Gasteiger partial charge is 0.466 e. The predicted molar refractivity (Wildman–Crippen MR) is 73.1 cm³/mol. The standard InChI is InChI=1S/C14H20O2S/c1-4-16-14(15)12(3)9-17-10-13-7-5-11(2)6-8-13/h5-8,12H,4,9-10H2,1-3H3. The molecule has 17 heavy (non-hydrogen) atoms. The maximum Gasteiger partial charge on any atom is 0.309 e. The number of rotatable bonds is 6. The Morgan fingerprint density at radius 1 is 1.35 bits per heavy atom. The quantitative estimate of drug-likeness (QED) is 0.726. The molecule has 0 aliphatic heterocycles. The van der Waals surface area contributed by atoms with Crippen LogP contribution in [0.2, 0.25) is 0 Å². The third-order valence-electron chi connectivity index (χ3n) is 2.45. The summed E-state index contributed by atoms with van der Waals surface area (Å²) < 4.78 is 4.97. The SMILES string of the molecule is CCOC(=O)C(C)CSCc1ccc(C)cc1. The molecule has 0 spiro atoms. The van der Waals surface area contributed by atoms with Gasteiger partial charge in [0.2, 0.25) is 0 Å². The summed E-state index contributed by atoms with van der Waals surface area (Å²) >= 11 is 1.77. The summed E-state index contributed by atoms with van der Waals surface area (Å²) in [6.07, 6.45) is 0. The second kappa shape index (κ2) is 7.38. The van der Waals surface area contributed by atoms with E-state index in [1.54, 1.807) is 11.8 Å². The lowest BCUT2D eigenvalue weighted by Crippen LogP contribution is -2.16. The normalized spacial score (nSPS) is 12.2. The maximum atomic E-state index is 11.4. The molecule has 1 unspecified atom stereocenters. The molecule has 0 saturated carbocycles. The number of benzene rings is 1. The molecule has 1 aromatic rings. The van der Waals surface area contributed by atoms with Crippen LogP contribution in [0.4, 0.5) is 0 Å². The van der Waals surface area contributed by atoms with E-state index in [-0.39, 0.29) is 11.9 Å². The number of aryl methyl sites for hydroxylation is 1. The molecule has 0 fully saturated rings. The van der Waals surface area contributed by atoms with Crippen molar-refractivity contribution in [2.45, 2.75) is 26.5 Å². The Balaban J connectivity index is 2.27. The Morgan fingerprint density at radius 3 is 2.59 bits per heavy atom. The van der Waals surface area contributed by atoms with Crippen LogP contribution in [0.5, 0.6) is 0 Å². The highest BCUT2D eigenvalue weighted by atomic mass is 32.2. The molecule has 0 aliphatic rings. The molecule has 3 heteroatoms. The minimum atomic E-state index is -0.0936. The van der Waals surface area contributed by atoms with Gasteiger partial charge in [-0.3, -0.25) is 4.79 Å². The molecular weight excluding hydrogens is 232 g/mol. The van der Waals surface area contributed by atoms with Gasteiger partial charge < -0.3 is 4.74 Å². The number of carbonyl (C=O) groups is 1. The van der Waals surface area contributed by atoms with Crippen molar-refractivity contribution >= 4 is 17.7 Å². The molecule has 0 radical (unpaired) electrons. The zero-order valence-corrected chi connectivity index (χ0v) is 11.5. The van der Waals surface area contributed by atoms with Crippen LogP contribution in [0, 0.1) is 12.8 Å². The average molecular weight is 252 g/mol. The van der Waals surface area contributed by atoms with Gasteiger partial charge in [-0.1, -0.05) is 36.8 Å². The Hall–Kier alpha value is -0.960. The zero-order chi connectivity index (χ0) is 12.7. The molecule has 1 atom stereocenters. The Kier molecular flexibility index (Phi) is 6.12. The first-order chi connectivity index (χ1) is 8.13. The summed E-state index contributed by atoms with van der Waals surface area (Å²) in [4.78, 5) is 11.4. The van der Waals surface area contributed by atoms with Crippen LogP contribution < -0.4 is 0 Å². The van der Waals surface area contributed by atoms with Crippen molar-refractivity contribution in [3.05, 3.63) is 35.4 Å². The van der Waals surface area contributed by atoms with Crippen LogP contribution in [0.15, 0.2) is 24.3 Å². The van der Waals surface area contributed by atoms with Crippen molar-refractivity contribution in [3.8, 4) is 0 Å². The van der Waals surface area contributed by atoms with Crippen LogP contribution in [-0.2, 0) is 15.3 Å². The van der Waals surface area contributed by atoms with E-state index in [4.69, 9.17) is 4.74 Å². The monoisotopic (exact) mass is 252 g/mol. The van der Waals surface area contributed by atoms with Crippen LogP contribution in [0.1, 0.15) is 25.0 Å². The Labute approximate surface area is 108 Å². The summed E-state index contributed by atoms with van der Waals surface area (Å²) in [5, 5.41) is 0.